The molecule has 4 rings (SSSR count). The number of anilines is 1. The lowest BCUT2D eigenvalue weighted by Crippen LogP contribution is -2.47. The number of aromatic carboxylic acids is 1. The van der Waals surface area contributed by atoms with E-state index in [-0.39, 0.29) is 11.3 Å². The first-order valence-electron chi connectivity index (χ1n) is 8.50. The fraction of sp³-hybridized carbons (Fsp3) is 0.444. The second kappa shape index (κ2) is 6.07. The highest BCUT2D eigenvalue weighted by Gasteiger charge is 2.42. The van der Waals surface area contributed by atoms with Gasteiger partial charge in [0.1, 0.15) is 17.2 Å². The fourth-order valence-corrected chi connectivity index (χ4v) is 3.69. The van der Waals surface area contributed by atoms with E-state index in [0.29, 0.717) is 12.4 Å². The van der Waals surface area contributed by atoms with Crippen molar-refractivity contribution in [2.75, 3.05) is 24.6 Å². The van der Waals surface area contributed by atoms with E-state index < -0.39 is 5.97 Å². The van der Waals surface area contributed by atoms with Gasteiger partial charge in [-0.25, -0.2) is 19.7 Å². The molecule has 0 radical (unpaired) electrons. The number of hydrogen-bond donors (Lipinski definition) is 1. The monoisotopic (exact) mass is 340 g/mol. The van der Waals surface area contributed by atoms with E-state index in [4.69, 9.17) is 9.84 Å². The average molecular weight is 340 g/mol. The molecule has 2 aliphatic heterocycles. The van der Waals surface area contributed by atoms with Crippen molar-refractivity contribution in [2.45, 2.75) is 31.8 Å². The molecule has 7 nitrogen and oxygen atoms in total. The maximum atomic E-state index is 11.1. The highest BCUT2D eigenvalue weighted by Crippen LogP contribution is 2.40. The zero-order valence-electron chi connectivity index (χ0n) is 14.1. The highest BCUT2D eigenvalue weighted by molar-refractivity contribution is 5.85. The largest absolute Gasteiger partial charge is 0.477 e. The molecule has 0 atom stereocenters. The Kier molecular flexibility index (Phi) is 3.88. The number of hydrogen-bond acceptors (Lipinski definition) is 6. The molecule has 0 aromatic carbocycles. The van der Waals surface area contributed by atoms with E-state index >= 15 is 0 Å². The van der Waals surface area contributed by atoms with Crippen LogP contribution in [0.25, 0.3) is 0 Å². The van der Waals surface area contributed by atoms with Crippen molar-refractivity contribution in [3.8, 4) is 0 Å². The highest BCUT2D eigenvalue weighted by atomic mass is 16.5. The lowest BCUT2D eigenvalue weighted by atomic mass is 9.83. The van der Waals surface area contributed by atoms with Crippen molar-refractivity contribution < 1.29 is 14.6 Å². The van der Waals surface area contributed by atoms with Gasteiger partial charge in [0, 0.05) is 19.3 Å². The Morgan fingerprint density at radius 3 is 2.84 bits per heavy atom. The van der Waals surface area contributed by atoms with Gasteiger partial charge in [-0.3, -0.25) is 0 Å². The number of carbonyl (C=O) groups is 1. The lowest BCUT2D eigenvalue weighted by molar-refractivity contribution is -0.0803. The molecule has 25 heavy (non-hydrogen) atoms. The number of piperidine rings is 1. The van der Waals surface area contributed by atoms with E-state index in [9.17, 15) is 4.79 Å². The summed E-state index contributed by atoms with van der Waals surface area (Å²) >= 11 is 0. The van der Waals surface area contributed by atoms with Crippen LogP contribution in [0.2, 0.25) is 0 Å². The first kappa shape index (κ1) is 16.0. The Labute approximate surface area is 145 Å². The van der Waals surface area contributed by atoms with Crippen LogP contribution in [0.5, 0.6) is 0 Å². The van der Waals surface area contributed by atoms with Crippen molar-refractivity contribution >= 4 is 11.8 Å². The molecule has 7 heteroatoms. The second-order valence-electron chi connectivity index (χ2n) is 6.56. The zero-order valence-corrected chi connectivity index (χ0v) is 14.1. The van der Waals surface area contributed by atoms with Crippen molar-refractivity contribution in [3.63, 3.8) is 0 Å². The van der Waals surface area contributed by atoms with Gasteiger partial charge in [-0.05, 0) is 43.9 Å². The molecule has 1 saturated heterocycles. The molecule has 0 saturated carbocycles. The minimum atomic E-state index is -1.01. The number of pyridine rings is 1. The van der Waals surface area contributed by atoms with E-state index in [0.717, 1.165) is 43.9 Å². The molecule has 4 heterocycles. The molecular formula is C18H20N4O3. The maximum Gasteiger partial charge on any atom is 0.354 e. The Balaban J connectivity index is 1.57. The summed E-state index contributed by atoms with van der Waals surface area (Å²) in [5, 5.41) is 9.13. The van der Waals surface area contributed by atoms with Gasteiger partial charge < -0.3 is 14.7 Å². The predicted octanol–water partition coefficient (Wildman–Crippen LogP) is 1.95. The second-order valence-corrected chi connectivity index (χ2v) is 6.56. The quantitative estimate of drug-likeness (QED) is 0.894. The Morgan fingerprint density at radius 2 is 2.08 bits per heavy atom. The smallest absolute Gasteiger partial charge is 0.354 e. The number of aryl methyl sites for hydroxylation is 1. The Hall–Kier alpha value is -2.54. The molecule has 0 unspecified atom stereocenters. The van der Waals surface area contributed by atoms with Crippen LogP contribution in [0.3, 0.4) is 0 Å². The van der Waals surface area contributed by atoms with Crippen LogP contribution in [0, 0.1) is 6.92 Å². The molecular weight excluding hydrogens is 320 g/mol. The average Bonchev–Trinajstić information content (AvgIpc) is 2.63. The van der Waals surface area contributed by atoms with E-state index in [1.165, 1.54) is 11.6 Å². The van der Waals surface area contributed by atoms with Gasteiger partial charge in [0.25, 0.3) is 0 Å². The molecule has 130 valence electrons. The molecule has 2 aliphatic rings. The van der Waals surface area contributed by atoms with Crippen LogP contribution in [-0.4, -0.2) is 45.7 Å². The van der Waals surface area contributed by atoms with Crippen molar-refractivity contribution in [1.29, 1.82) is 0 Å². The molecule has 2 aromatic heterocycles. The molecule has 1 N–H and O–H groups in total. The van der Waals surface area contributed by atoms with Crippen LogP contribution >= 0.6 is 0 Å². The van der Waals surface area contributed by atoms with E-state index in [2.05, 4.69) is 19.9 Å². The third kappa shape index (κ3) is 2.84. The summed E-state index contributed by atoms with van der Waals surface area (Å²) in [6, 6.07) is 5.10. The van der Waals surface area contributed by atoms with Crippen LogP contribution < -0.4 is 4.90 Å². The molecule has 2 aromatic rings. The number of aromatic nitrogens is 3. The summed E-state index contributed by atoms with van der Waals surface area (Å²) in [7, 11) is 0. The van der Waals surface area contributed by atoms with Gasteiger partial charge >= 0.3 is 5.97 Å². The first-order chi connectivity index (χ1) is 12.1. The number of ether oxygens (including phenoxy) is 1. The van der Waals surface area contributed by atoms with Gasteiger partial charge in [-0.2, -0.15) is 0 Å². The minimum Gasteiger partial charge on any atom is -0.477 e. The normalized spacial score (nSPS) is 18.8. The van der Waals surface area contributed by atoms with E-state index in [1.807, 2.05) is 19.2 Å². The van der Waals surface area contributed by atoms with Crippen LogP contribution in [0.1, 0.15) is 40.4 Å². The third-order valence-electron chi connectivity index (χ3n) is 5.01. The summed E-state index contributed by atoms with van der Waals surface area (Å²) in [5.41, 5.74) is 1.91. The Morgan fingerprint density at radius 1 is 1.28 bits per heavy atom. The van der Waals surface area contributed by atoms with Gasteiger partial charge in [0.05, 0.1) is 12.3 Å². The zero-order chi connectivity index (χ0) is 17.4. The van der Waals surface area contributed by atoms with Crippen molar-refractivity contribution in [3.05, 3.63) is 47.2 Å². The van der Waals surface area contributed by atoms with Crippen molar-refractivity contribution in [1.82, 2.24) is 15.0 Å². The number of carboxylic acids is 1. The molecule has 1 fully saturated rings. The summed E-state index contributed by atoms with van der Waals surface area (Å²) in [6.07, 6.45) is 4.38. The summed E-state index contributed by atoms with van der Waals surface area (Å²) < 4.78 is 6.20. The number of carboxylic acid groups (broad SMARTS) is 1. The van der Waals surface area contributed by atoms with Gasteiger partial charge in [-0.1, -0.05) is 6.07 Å². The molecule has 0 amide bonds. The van der Waals surface area contributed by atoms with E-state index in [1.54, 1.807) is 6.07 Å². The third-order valence-corrected chi connectivity index (χ3v) is 5.01. The summed E-state index contributed by atoms with van der Waals surface area (Å²) in [4.78, 5) is 26.5. The summed E-state index contributed by atoms with van der Waals surface area (Å²) in [6.45, 7) is 4.09. The van der Waals surface area contributed by atoms with Gasteiger partial charge in [0.15, 0.2) is 5.69 Å². The standard InChI is InChI=1S/C18H20N4O3/c1-12-19-11-13-5-10-25-18(16(13)20-12)6-8-22(9-7-18)15-4-2-3-14(21-15)17(23)24/h2-4,11H,5-10H2,1H3,(H,23,24). The topological polar surface area (TPSA) is 88.4 Å². The van der Waals surface area contributed by atoms with Gasteiger partial charge in [0.2, 0.25) is 0 Å². The first-order valence-corrected chi connectivity index (χ1v) is 8.50. The molecule has 0 aliphatic carbocycles. The summed E-state index contributed by atoms with van der Waals surface area (Å²) in [5.74, 6) is 0.457. The Bertz CT molecular complexity index is 816. The van der Waals surface area contributed by atoms with Crippen molar-refractivity contribution in [2.24, 2.45) is 0 Å². The SMILES string of the molecule is Cc1ncc2c(n1)C1(CCN(c3cccc(C(=O)O)n3)CC1)OCC2. The molecule has 0 bridgehead atoms. The van der Waals surface area contributed by atoms with Crippen LogP contribution in [0.15, 0.2) is 24.4 Å². The molecule has 1 spiro atoms. The lowest BCUT2D eigenvalue weighted by Gasteiger charge is -2.44. The number of nitrogens with zero attached hydrogens (tertiary/aromatic N) is 4. The predicted molar refractivity (Wildman–Crippen MR) is 90.7 cm³/mol. The van der Waals surface area contributed by atoms with Crippen LogP contribution in [0.4, 0.5) is 5.82 Å². The number of fused-ring (bicyclic) bond motifs is 2. The maximum absolute atomic E-state index is 11.1. The van der Waals surface area contributed by atoms with Gasteiger partial charge in [-0.15, -0.1) is 0 Å². The number of rotatable bonds is 2. The fourth-order valence-electron chi connectivity index (χ4n) is 3.69. The minimum absolute atomic E-state index is 0.0698. The van der Waals surface area contributed by atoms with Crippen LogP contribution in [-0.2, 0) is 16.8 Å².